The molecule has 162 valence electrons. The Labute approximate surface area is 180 Å². The summed E-state index contributed by atoms with van der Waals surface area (Å²) in [5.41, 5.74) is 1.66. The number of thiophene rings is 1. The van der Waals surface area contributed by atoms with Crippen LogP contribution in [0.5, 0.6) is 0 Å². The molecule has 0 bridgehead atoms. The van der Waals surface area contributed by atoms with Crippen molar-refractivity contribution < 1.29 is 22.4 Å². The minimum absolute atomic E-state index is 0.438. The second-order valence-corrected chi connectivity index (χ2v) is 8.57. The number of hydrazone groups is 1. The van der Waals surface area contributed by atoms with Crippen molar-refractivity contribution in [3.8, 4) is 0 Å². The fraction of sp³-hybridized carbons (Fsp3) is 0.381. The maximum atomic E-state index is 13.7. The summed E-state index contributed by atoms with van der Waals surface area (Å²) in [4.78, 5) is 18.0. The van der Waals surface area contributed by atoms with E-state index in [1.807, 2.05) is 17.5 Å². The Morgan fingerprint density at radius 3 is 2.77 bits per heavy atom. The molecular weight excluding hydrogens is 429 g/mol. The third kappa shape index (κ3) is 3.69. The molecule has 0 saturated heterocycles. The normalized spacial score (nSPS) is 18.9. The third-order valence-electron chi connectivity index (χ3n) is 5.62. The van der Waals surface area contributed by atoms with Gasteiger partial charge in [0.05, 0.1) is 22.5 Å². The Bertz CT molecular complexity index is 1120. The van der Waals surface area contributed by atoms with E-state index in [1.165, 1.54) is 22.6 Å². The molecule has 2 aliphatic rings. The lowest BCUT2D eigenvalue weighted by Crippen LogP contribution is -2.32. The molecule has 31 heavy (non-hydrogen) atoms. The van der Waals surface area contributed by atoms with Crippen LogP contribution in [-0.2, 0) is 30.4 Å². The molecule has 4 heterocycles. The topological polar surface area (TPSA) is 63.6 Å². The zero-order chi connectivity index (χ0) is 21.6. The summed E-state index contributed by atoms with van der Waals surface area (Å²) >= 11 is 1.50. The second kappa shape index (κ2) is 7.67. The lowest BCUT2D eigenvalue weighted by molar-refractivity contribution is -0.148. The predicted octanol–water partition coefficient (Wildman–Crippen LogP) is 4.81. The smallest absolute Gasteiger partial charge is 0.449 e. The van der Waals surface area contributed by atoms with E-state index < -0.39 is 30.5 Å². The summed E-state index contributed by atoms with van der Waals surface area (Å²) in [6, 6.07) is 6.77. The van der Waals surface area contributed by atoms with Gasteiger partial charge >= 0.3 is 6.18 Å². The molecule has 0 N–H and O–H groups in total. The number of aryl methyl sites for hydroxylation is 1. The van der Waals surface area contributed by atoms with Crippen LogP contribution in [0.3, 0.4) is 0 Å². The average Bonchev–Trinajstić information content (AvgIpc) is 3.52. The lowest BCUT2D eigenvalue weighted by Gasteiger charge is -2.22. The van der Waals surface area contributed by atoms with E-state index in [4.69, 9.17) is 4.42 Å². The summed E-state index contributed by atoms with van der Waals surface area (Å²) in [7, 11) is 0. The molecule has 1 aliphatic heterocycles. The molecule has 1 atom stereocenters. The van der Waals surface area contributed by atoms with Gasteiger partial charge in [-0.3, -0.25) is 4.79 Å². The maximum Gasteiger partial charge on any atom is 0.449 e. The van der Waals surface area contributed by atoms with Gasteiger partial charge in [-0.15, -0.1) is 11.3 Å². The van der Waals surface area contributed by atoms with Gasteiger partial charge in [0.1, 0.15) is 18.3 Å². The van der Waals surface area contributed by atoms with Crippen LogP contribution in [0.4, 0.5) is 13.2 Å². The number of halogens is 3. The number of carbonyl (C=O) groups excluding carboxylic acids is 1. The number of imidazole rings is 1. The zero-order valence-corrected chi connectivity index (χ0v) is 17.2. The Morgan fingerprint density at radius 1 is 1.23 bits per heavy atom. The molecule has 0 saturated carbocycles. The summed E-state index contributed by atoms with van der Waals surface area (Å²) in [6.07, 6.45) is -0.118. The first-order chi connectivity index (χ1) is 14.9. The molecule has 10 heteroatoms. The van der Waals surface area contributed by atoms with Crippen LogP contribution in [0.2, 0.25) is 0 Å². The number of aromatic nitrogens is 2. The van der Waals surface area contributed by atoms with Crippen LogP contribution in [-0.4, -0.2) is 26.2 Å². The standard InChI is InChI=1S/C21H19F3N4O2S/c22-21(23,24)20-25-13-5-1-2-6-15(13)27(20)12-19(29)28-16(17-7-3-9-30-17)11-14(26-28)18-8-4-10-31-18/h3-4,7-10,16H,1-2,5-6,11-12H2/t16-/m0/s1. The fourth-order valence-electron chi connectivity index (χ4n) is 4.23. The summed E-state index contributed by atoms with van der Waals surface area (Å²) in [5, 5.41) is 7.67. The number of nitrogens with zero attached hydrogens (tertiary/aromatic N) is 4. The van der Waals surface area contributed by atoms with E-state index in [0.29, 0.717) is 42.1 Å². The maximum absolute atomic E-state index is 13.7. The molecule has 0 radical (unpaired) electrons. The van der Waals surface area contributed by atoms with Crippen LogP contribution in [0.15, 0.2) is 45.4 Å². The molecule has 3 aromatic heterocycles. The number of amides is 1. The Morgan fingerprint density at radius 2 is 2.06 bits per heavy atom. The zero-order valence-electron chi connectivity index (χ0n) is 16.4. The van der Waals surface area contributed by atoms with E-state index in [2.05, 4.69) is 10.1 Å². The van der Waals surface area contributed by atoms with Gasteiger partial charge in [-0.1, -0.05) is 6.07 Å². The van der Waals surface area contributed by atoms with Crippen LogP contribution < -0.4 is 0 Å². The molecule has 1 amide bonds. The van der Waals surface area contributed by atoms with Crippen LogP contribution in [0, 0.1) is 0 Å². The quantitative estimate of drug-likeness (QED) is 0.575. The van der Waals surface area contributed by atoms with Gasteiger partial charge in [0.15, 0.2) is 0 Å². The Hall–Kier alpha value is -2.88. The number of alkyl halides is 3. The number of hydrogen-bond donors (Lipinski definition) is 0. The summed E-state index contributed by atoms with van der Waals surface area (Å²) < 4.78 is 47.5. The van der Waals surface area contributed by atoms with E-state index in [1.54, 1.807) is 12.1 Å². The van der Waals surface area contributed by atoms with Crippen molar-refractivity contribution in [1.82, 2.24) is 14.6 Å². The van der Waals surface area contributed by atoms with Gasteiger partial charge in [0.2, 0.25) is 5.82 Å². The molecule has 3 aromatic rings. The highest BCUT2D eigenvalue weighted by Gasteiger charge is 2.41. The molecule has 6 nitrogen and oxygen atoms in total. The van der Waals surface area contributed by atoms with E-state index in [-0.39, 0.29) is 0 Å². The molecule has 1 aliphatic carbocycles. The first kappa shape index (κ1) is 20.0. The average molecular weight is 448 g/mol. The first-order valence-corrected chi connectivity index (χ1v) is 10.9. The van der Waals surface area contributed by atoms with Gasteiger partial charge in [0.25, 0.3) is 5.91 Å². The lowest BCUT2D eigenvalue weighted by atomic mass is 10.0. The van der Waals surface area contributed by atoms with E-state index in [9.17, 15) is 18.0 Å². The van der Waals surface area contributed by atoms with Gasteiger partial charge in [0, 0.05) is 12.1 Å². The second-order valence-electron chi connectivity index (χ2n) is 7.62. The summed E-state index contributed by atoms with van der Waals surface area (Å²) in [6.45, 7) is -0.463. The van der Waals surface area contributed by atoms with E-state index >= 15 is 0 Å². The summed E-state index contributed by atoms with van der Waals surface area (Å²) in [5.74, 6) is -0.986. The van der Waals surface area contributed by atoms with Crippen molar-refractivity contribution in [2.45, 2.75) is 50.9 Å². The number of carbonyl (C=O) groups is 1. The monoisotopic (exact) mass is 448 g/mol. The number of rotatable bonds is 4. The minimum Gasteiger partial charge on any atom is -0.467 e. The van der Waals surface area contributed by atoms with Gasteiger partial charge in [-0.2, -0.15) is 18.3 Å². The number of hydrogen-bond acceptors (Lipinski definition) is 5. The van der Waals surface area contributed by atoms with Crippen LogP contribution >= 0.6 is 11.3 Å². The van der Waals surface area contributed by atoms with E-state index in [0.717, 1.165) is 22.3 Å². The van der Waals surface area contributed by atoms with Gasteiger partial charge in [-0.05, 0) is 49.3 Å². The highest BCUT2D eigenvalue weighted by atomic mass is 32.1. The molecule has 0 spiro atoms. The van der Waals surface area contributed by atoms with Crippen molar-refractivity contribution in [3.63, 3.8) is 0 Å². The Balaban J connectivity index is 1.49. The van der Waals surface area contributed by atoms with Crippen molar-refractivity contribution in [2.24, 2.45) is 5.10 Å². The van der Waals surface area contributed by atoms with Crippen molar-refractivity contribution >= 4 is 23.0 Å². The van der Waals surface area contributed by atoms with Crippen molar-refractivity contribution in [3.05, 3.63) is 63.8 Å². The SMILES string of the molecule is O=C(Cn1c(C(F)(F)F)nc2c1CCCC2)N1N=C(c2cccs2)C[C@H]1c1ccco1. The fourth-order valence-corrected chi connectivity index (χ4v) is 4.95. The number of fused-ring (bicyclic) bond motifs is 1. The predicted molar refractivity (Wildman–Crippen MR) is 108 cm³/mol. The van der Waals surface area contributed by atoms with Crippen LogP contribution in [0.25, 0.3) is 0 Å². The molecule has 0 aromatic carbocycles. The molecule has 0 fully saturated rings. The van der Waals surface area contributed by atoms with Gasteiger partial charge in [-0.25, -0.2) is 9.99 Å². The molecule has 5 rings (SSSR count). The van der Waals surface area contributed by atoms with Gasteiger partial charge < -0.3 is 8.98 Å². The number of furan rings is 1. The third-order valence-corrected chi connectivity index (χ3v) is 6.54. The Kier molecular flexibility index (Phi) is 4.96. The highest BCUT2D eigenvalue weighted by Crippen LogP contribution is 2.36. The largest absolute Gasteiger partial charge is 0.467 e. The molecule has 0 unspecified atom stereocenters. The van der Waals surface area contributed by atoms with Crippen molar-refractivity contribution in [2.75, 3.05) is 0 Å². The van der Waals surface area contributed by atoms with Crippen molar-refractivity contribution in [1.29, 1.82) is 0 Å². The first-order valence-electron chi connectivity index (χ1n) is 10.0. The van der Waals surface area contributed by atoms with Crippen LogP contribution in [0.1, 0.15) is 53.2 Å². The highest BCUT2D eigenvalue weighted by molar-refractivity contribution is 7.12. The molecular formula is C21H19F3N4O2S. The minimum atomic E-state index is -4.63.